The lowest BCUT2D eigenvalue weighted by atomic mass is 10.2. The van der Waals surface area contributed by atoms with Gasteiger partial charge in [-0.05, 0) is 23.4 Å². The van der Waals surface area contributed by atoms with Gasteiger partial charge in [-0.1, -0.05) is 6.92 Å². The Morgan fingerprint density at radius 2 is 2.50 bits per heavy atom. The topological polar surface area (TPSA) is 50.4 Å². The van der Waals surface area contributed by atoms with Crippen molar-refractivity contribution in [1.82, 2.24) is 5.43 Å². The predicted molar refractivity (Wildman–Crippen MR) is 53.5 cm³/mol. The molecule has 1 aromatic heterocycles. The fourth-order valence-corrected chi connectivity index (χ4v) is 2.05. The summed E-state index contributed by atoms with van der Waals surface area (Å²) in [4.78, 5) is 5.19. The lowest BCUT2D eigenvalue weighted by molar-refractivity contribution is 1.01. The molecule has 0 fully saturated rings. The highest BCUT2D eigenvalue weighted by molar-refractivity contribution is 7.12. The number of thiophene rings is 1. The van der Waals surface area contributed by atoms with Crippen LogP contribution in [-0.2, 0) is 6.42 Å². The molecule has 3 N–H and O–H groups in total. The van der Waals surface area contributed by atoms with Crippen molar-refractivity contribution in [3.8, 4) is 0 Å². The van der Waals surface area contributed by atoms with Crippen molar-refractivity contribution in [3.05, 3.63) is 21.9 Å². The summed E-state index contributed by atoms with van der Waals surface area (Å²) in [6.45, 7) is 2.12. The monoisotopic (exact) mass is 183 g/mol. The van der Waals surface area contributed by atoms with Gasteiger partial charge in [0.25, 0.3) is 0 Å². The van der Waals surface area contributed by atoms with Gasteiger partial charge in [0.1, 0.15) is 0 Å². The van der Waals surface area contributed by atoms with Crippen LogP contribution in [0.25, 0.3) is 0 Å². The van der Waals surface area contributed by atoms with E-state index in [1.807, 2.05) is 0 Å². The van der Waals surface area contributed by atoms with E-state index >= 15 is 0 Å². The molecule has 4 heteroatoms. The van der Waals surface area contributed by atoms with Gasteiger partial charge in [-0.15, -0.1) is 11.3 Å². The minimum absolute atomic E-state index is 0.766. The molecule has 0 aliphatic heterocycles. The molecule has 1 rings (SSSR count). The Labute approximate surface area is 76.3 Å². The fourth-order valence-electron chi connectivity index (χ4n) is 1.05. The first-order valence-electron chi connectivity index (χ1n) is 3.83. The number of aryl methyl sites for hydroxylation is 1. The molecule has 3 nitrogen and oxygen atoms in total. The van der Waals surface area contributed by atoms with Crippen LogP contribution in [-0.4, -0.2) is 12.9 Å². The highest BCUT2D eigenvalue weighted by Crippen LogP contribution is 2.17. The van der Waals surface area contributed by atoms with Crippen molar-refractivity contribution >= 4 is 17.2 Å². The van der Waals surface area contributed by atoms with Crippen LogP contribution in [0.2, 0.25) is 0 Å². The van der Waals surface area contributed by atoms with Crippen molar-refractivity contribution in [2.75, 3.05) is 7.05 Å². The Hall–Kier alpha value is -0.870. The van der Waals surface area contributed by atoms with Crippen LogP contribution >= 0.6 is 11.3 Å². The number of rotatable bonds is 2. The van der Waals surface area contributed by atoms with E-state index in [1.165, 1.54) is 5.56 Å². The Kier molecular flexibility index (Phi) is 3.25. The van der Waals surface area contributed by atoms with E-state index < -0.39 is 0 Å². The Bertz CT molecular complexity index is 278. The molecule has 0 aromatic carbocycles. The third-order valence-electron chi connectivity index (χ3n) is 1.70. The normalized spacial score (nSPS) is 11.8. The minimum Gasteiger partial charge on any atom is -0.308 e. The number of nitrogens with zero attached hydrogens (tertiary/aromatic N) is 1. The van der Waals surface area contributed by atoms with Gasteiger partial charge in [0.05, 0.1) is 4.88 Å². The molecule has 0 aliphatic rings. The average Bonchev–Trinajstić information content (AvgIpc) is 2.55. The van der Waals surface area contributed by atoms with Crippen molar-refractivity contribution in [2.24, 2.45) is 10.8 Å². The van der Waals surface area contributed by atoms with Crippen LogP contribution in [0, 0.1) is 0 Å². The molecule has 0 bridgehead atoms. The number of nitrogens with one attached hydrogen (secondary N) is 1. The van der Waals surface area contributed by atoms with Crippen molar-refractivity contribution in [2.45, 2.75) is 13.3 Å². The van der Waals surface area contributed by atoms with Gasteiger partial charge in [0, 0.05) is 7.05 Å². The number of hydrogen-bond acceptors (Lipinski definition) is 3. The third kappa shape index (κ3) is 1.65. The first kappa shape index (κ1) is 9.22. The molecule has 0 saturated heterocycles. The molecule has 0 amide bonds. The van der Waals surface area contributed by atoms with Crippen LogP contribution in [0.1, 0.15) is 17.4 Å². The number of nitrogens with two attached hydrogens (primary N) is 1. The predicted octanol–water partition coefficient (Wildman–Crippen LogP) is 1.15. The summed E-state index contributed by atoms with van der Waals surface area (Å²) in [6, 6.07) is 2.10. The van der Waals surface area contributed by atoms with E-state index in [9.17, 15) is 0 Å². The molecule has 12 heavy (non-hydrogen) atoms. The molecule has 66 valence electrons. The number of hydrazine groups is 1. The first-order valence-corrected chi connectivity index (χ1v) is 4.71. The van der Waals surface area contributed by atoms with E-state index in [-0.39, 0.29) is 0 Å². The molecule has 0 unspecified atom stereocenters. The maximum atomic E-state index is 5.32. The Morgan fingerprint density at radius 1 is 1.75 bits per heavy atom. The Balaban J connectivity index is 3.00. The second-order valence-electron chi connectivity index (χ2n) is 2.35. The fraction of sp³-hybridized carbons (Fsp3) is 0.375. The van der Waals surface area contributed by atoms with E-state index in [2.05, 4.69) is 28.8 Å². The minimum atomic E-state index is 0.766. The average molecular weight is 183 g/mol. The maximum absolute atomic E-state index is 5.32. The number of aliphatic imine (C=N–C) groups is 1. The van der Waals surface area contributed by atoms with Gasteiger partial charge in [-0.25, -0.2) is 5.84 Å². The molecule has 1 aromatic rings. The summed E-state index contributed by atoms with van der Waals surface area (Å²) in [6.07, 6.45) is 1.01. The molecular formula is C8H13N3S. The summed E-state index contributed by atoms with van der Waals surface area (Å²) in [5, 5.41) is 2.05. The van der Waals surface area contributed by atoms with Crippen molar-refractivity contribution in [3.63, 3.8) is 0 Å². The van der Waals surface area contributed by atoms with Crippen LogP contribution in [0.5, 0.6) is 0 Å². The standard InChI is InChI=1S/C8H13N3S/c1-3-6-4-5-12-7(6)8(10-2)11-9/h4-5H,3,9H2,1-2H3,(H,10,11). The van der Waals surface area contributed by atoms with Gasteiger partial charge in [-0.2, -0.15) is 0 Å². The summed E-state index contributed by atoms with van der Waals surface area (Å²) >= 11 is 1.66. The molecule has 0 spiro atoms. The van der Waals surface area contributed by atoms with E-state index in [4.69, 9.17) is 5.84 Å². The molecule has 0 radical (unpaired) electrons. The SMILES string of the molecule is CCc1ccsc1C(=NC)NN. The number of amidine groups is 1. The van der Waals surface area contributed by atoms with E-state index in [0.29, 0.717) is 0 Å². The molecule has 0 aliphatic carbocycles. The van der Waals surface area contributed by atoms with Gasteiger partial charge in [-0.3, -0.25) is 4.99 Å². The number of hydrogen-bond donors (Lipinski definition) is 2. The van der Waals surface area contributed by atoms with E-state index in [0.717, 1.165) is 17.1 Å². The summed E-state index contributed by atoms with van der Waals surface area (Å²) in [5.41, 5.74) is 3.88. The third-order valence-corrected chi connectivity index (χ3v) is 2.67. The van der Waals surface area contributed by atoms with Crippen LogP contribution in [0.3, 0.4) is 0 Å². The smallest absolute Gasteiger partial charge is 0.152 e. The summed E-state index contributed by atoms with van der Waals surface area (Å²) < 4.78 is 0. The first-order chi connectivity index (χ1) is 5.83. The lowest BCUT2D eigenvalue weighted by Gasteiger charge is -2.03. The second kappa shape index (κ2) is 4.23. The van der Waals surface area contributed by atoms with E-state index in [1.54, 1.807) is 18.4 Å². The molecule has 0 atom stereocenters. The zero-order valence-corrected chi connectivity index (χ0v) is 8.11. The van der Waals surface area contributed by atoms with Crippen LogP contribution in [0.15, 0.2) is 16.4 Å². The highest BCUT2D eigenvalue weighted by atomic mass is 32.1. The molecule has 0 saturated carbocycles. The summed E-state index contributed by atoms with van der Waals surface area (Å²) in [5.74, 6) is 6.09. The van der Waals surface area contributed by atoms with Crippen molar-refractivity contribution in [1.29, 1.82) is 0 Å². The molecular weight excluding hydrogens is 170 g/mol. The quantitative estimate of drug-likeness (QED) is 0.313. The molecule has 1 heterocycles. The summed E-state index contributed by atoms with van der Waals surface area (Å²) in [7, 11) is 1.73. The zero-order chi connectivity index (χ0) is 8.97. The Morgan fingerprint density at radius 3 is 3.00 bits per heavy atom. The van der Waals surface area contributed by atoms with Gasteiger partial charge in [0.15, 0.2) is 5.84 Å². The van der Waals surface area contributed by atoms with Gasteiger partial charge >= 0.3 is 0 Å². The zero-order valence-electron chi connectivity index (χ0n) is 7.29. The van der Waals surface area contributed by atoms with Gasteiger partial charge in [0.2, 0.25) is 0 Å². The highest BCUT2D eigenvalue weighted by Gasteiger charge is 2.06. The lowest BCUT2D eigenvalue weighted by Crippen LogP contribution is -2.30. The maximum Gasteiger partial charge on any atom is 0.152 e. The van der Waals surface area contributed by atoms with Crippen LogP contribution in [0.4, 0.5) is 0 Å². The van der Waals surface area contributed by atoms with Crippen LogP contribution < -0.4 is 11.3 Å². The van der Waals surface area contributed by atoms with Gasteiger partial charge < -0.3 is 5.43 Å². The largest absolute Gasteiger partial charge is 0.308 e. The van der Waals surface area contributed by atoms with Crippen molar-refractivity contribution < 1.29 is 0 Å². The second-order valence-corrected chi connectivity index (χ2v) is 3.26.